The van der Waals surface area contributed by atoms with Gasteiger partial charge in [0.2, 0.25) is 5.76 Å². The molecule has 8 heteroatoms. The van der Waals surface area contributed by atoms with Gasteiger partial charge >= 0.3 is 5.97 Å². The van der Waals surface area contributed by atoms with Crippen molar-refractivity contribution in [1.82, 2.24) is 10.3 Å². The van der Waals surface area contributed by atoms with E-state index in [9.17, 15) is 9.59 Å². The molecule has 0 aliphatic rings. The Hall–Kier alpha value is -2.83. The number of aromatic nitrogens is 1. The second-order valence-corrected chi connectivity index (χ2v) is 8.02. The van der Waals surface area contributed by atoms with Gasteiger partial charge in [0, 0.05) is 28.1 Å². The van der Waals surface area contributed by atoms with Crippen LogP contribution < -0.4 is 5.32 Å². The minimum absolute atomic E-state index is 0.0379. The third-order valence-corrected chi connectivity index (χ3v) is 5.37. The molecular weight excluding hydrogens is 451 g/mol. The van der Waals surface area contributed by atoms with E-state index in [0.717, 1.165) is 16.7 Å². The molecule has 0 radical (unpaired) electrons. The summed E-state index contributed by atoms with van der Waals surface area (Å²) in [6.45, 7) is 3.90. The van der Waals surface area contributed by atoms with Gasteiger partial charge < -0.3 is 14.5 Å². The lowest BCUT2D eigenvalue weighted by Gasteiger charge is -2.18. The molecule has 0 saturated heterocycles. The summed E-state index contributed by atoms with van der Waals surface area (Å²) in [5.41, 5.74) is 2.69. The van der Waals surface area contributed by atoms with Gasteiger partial charge in [-0.15, -0.1) is 0 Å². The van der Waals surface area contributed by atoms with Crippen molar-refractivity contribution >= 4 is 35.1 Å². The Morgan fingerprint density at radius 2 is 1.88 bits per heavy atom. The molecule has 0 aliphatic heterocycles. The first-order valence-corrected chi connectivity index (χ1v) is 11.1. The van der Waals surface area contributed by atoms with E-state index in [-0.39, 0.29) is 24.8 Å². The first kappa shape index (κ1) is 23.8. The highest BCUT2D eigenvalue weighted by Gasteiger charge is 2.21. The van der Waals surface area contributed by atoms with Crippen LogP contribution >= 0.6 is 23.2 Å². The molecule has 168 valence electrons. The third kappa shape index (κ3) is 6.34. The maximum atomic E-state index is 12.6. The van der Waals surface area contributed by atoms with Crippen molar-refractivity contribution in [1.29, 1.82) is 0 Å². The van der Waals surface area contributed by atoms with Crippen molar-refractivity contribution in [3.05, 3.63) is 75.9 Å². The van der Waals surface area contributed by atoms with Crippen LogP contribution in [0.1, 0.15) is 42.3 Å². The van der Waals surface area contributed by atoms with Crippen LogP contribution in [-0.2, 0) is 22.4 Å². The second-order valence-electron chi connectivity index (χ2n) is 7.18. The fourth-order valence-corrected chi connectivity index (χ4v) is 3.65. The monoisotopic (exact) mass is 474 g/mol. The summed E-state index contributed by atoms with van der Waals surface area (Å²) in [7, 11) is 0. The van der Waals surface area contributed by atoms with Crippen LogP contribution in [0.4, 0.5) is 0 Å². The summed E-state index contributed by atoms with van der Waals surface area (Å²) in [5, 5.41) is 4.07. The molecule has 1 atom stereocenters. The molecule has 1 amide bonds. The van der Waals surface area contributed by atoms with Crippen LogP contribution in [0.25, 0.3) is 11.1 Å². The quantitative estimate of drug-likeness (QED) is 0.413. The molecule has 3 aromatic rings. The zero-order valence-corrected chi connectivity index (χ0v) is 19.4. The van der Waals surface area contributed by atoms with Gasteiger partial charge in [-0.25, -0.2) is 4.98 Å². The number of oxazole rings is 1. The Labute approximate surface area is 196 Å². The number of rotatable bonds is 9. The largest absolute Gasteiger partial charge is 0.466 e. The van der Waals surface area contributed by atoms with Gasteiger partial charge in [0.1, 0.15) is 0 Å². The van der Waals surface area contributed by atoms with Crippen molar-refractivity contribution in [2.24, 2.45) is 0 Å². The summed E-state index contributed by atoms with van der Waals surface area (Å²) < 4.78 is 10.5. The van der Waals surface area contributed by atoms with Crippen LogP contribution in [0.3, 0.4) is 0 Å². The summed E-state index contributed by atoms with van der Waals surface area (Å²) in [5.74, 6) is -0.213. The Morgan fingerprint density at radius 3 is 2.53 bits per heavy atom. The van der Waals surface area contributed by atoms with E-state index in [0.29, 0.717) is 28.8 Å². The topological polar surface area (TPSA) is 81.4 Å². The molecule has 1 N–H and O–H groups in total. The van der Waals surface area contributed by atoms with E-state index in [1.165, 1.54) is 6.20 Å². The van der Waals surface area contributed by atoms with Crippen LogP contribution in [0.2, 0.25) is 10.0 Å². The molecule has 0 spiro atoms. The van der Waals surface area contributed by atoms with Crippen LogP contribution in [0.15, 0.2) is 53.1 Å². The van der Waals surface area contributed by atoms with Gasteiger partial charge in [0.05, 0.1) is 19.2 Å². The molecule has 0 saturated carbocycles. The fourth-order valence-electron chi connectivity index (χ4n) is 3.25. The number of hydrogen-bond donors (Lipinski definition) is 1. The lowest BCUT2D eigenvalue weighted by molar-refractivity contribution is -0.143. The van der Waals surface area contributed by atoms with Crippen molar-refractivity contribution in [2.75, 3.05) is 6.61 Å². The van der Waals surface area contributed by atoms with E-state index in [2.05, 4.69) is 10.3 Å². The highest BCUT2D eigenvalue weighted by molar-refractivity contribution is 6.35. The summed E-state index contributed by atoms with van der Waals surface area (Å²) in [6, 6.07) is 12.6. The SMILES string of the molecule is CCOC(=O)C[C@@H](Cc1ccc(-c2cc(Cl)ccc2Cl)cc1)NC(=O)c1cnc(CC)o1. The van der Waals surface area contributed by atoms with E-state index < -0.39 is 11.9 Å². The number of carbonyl (C=O) groups is 2. The summed E-state index contributed by atoms with van der Waals surface area (Å²) in [6.07, 6.45) is 2.45. The molecule has 0 bridgehead atoms. The molecule has 2 aromatic carbocycles. The number of ether oxygens (including phenoxy) is 1. The van der Waals surface area contributed by atoms with E-state index in [1.54, 1.807) is 19.1 Å². The number of carbonyl (C=O) groups excluding carboxylic acids is 2. The lowest BCUT2D eigenvalue weighted by Crippen LogP contribution is -2.38. The average molecular weight is 475 g/mol. The first-order chi connectivity index (χ1) is 15.4. The molecular formula is C24H24Cl2N2O4. The fraction of sp³-hybridized carbons (Fsp3) is 0.292. The number of halogens is 2. The van der Waals surface area contributed by atoms with Crippen molar-refractivity contribution in [3.8, 4) is 11.1 Å². The van der Waals surface area contributed by atoms with Gasteiger partial charge in [-0.05, 0) is 42.7 Å². The molecule has 32 heavy (non-hydrogen) atoms. The number of hydrogen-bond acceptors (Lipinski definition) is 5. The predicted octanol–water partition coefficient (Wildman–Crippen LogP) is 5.51. The van der Waals surface area contributed by atoms with E-state index >= 15 is 0 Å². The maximum Gasteiger partial charge on any atom is 0.307 e. The summed E-state index contributed by atoms with van der Waals surface area (Å²) in [4.78, 5) is 28.7. The van der Waals surface area contributed by atoms with E-state index in [4.69, 9.17) is 32.4 Å². The van der Waals surface area contributed by atoms with Crippen molar-refractivity contribution < 1.29 is 18.7 Å². The second kappa shape index (κ2) is 11.2. The molecule has 6 nitrogen and oxygen atoms in total. The van der Waals surface area contributed by atoms with E-state index in [1.807, 2.05) is 37.3 Å². The molecule has 0 fully saturated rings. The minimum Gasteiger partial charge on any atom is -0.466 e. The summed E-state index contributed by atoms with van der Waals surface area (Å²) >= 11 is 12.4. The van der Waals surface area contributed by atoms with Crippen LogP contribution in [-0.4, -0.2) is 29.5 Å². The van der Waals surface area contributed by atoms with Crippen LogP contribution in [0, 0.1) is 0 Å². The minimum atomic E-state index is -0.475. The molecule has 3 rings (SSSR count). The Balaban J connectivity index is 1.75. The normalized spacial score (nSPS) is 11.8. The Kier molecular flexibility index (Phi) is 8.31. The molecule has 1 heterocycles. The lowest BCUT2D eigenvalue weighted by atomic mass is 9.99. The maximum absolute atomic E-state index is 12.6. The van der Waals surface area contributed by atoms with Gasteiger partial charge in [-0.2, -0.15) is 0 Å². The number of aryl methyl sites for hydroxylation is 1. The Morgan fingerprint density at radius 1 is 1.12 bits per heavy atom. The first-order valence-electron chi connectivity index (χ1n) is 10.3. The number of amides is 1. The molecule has 1 aromatic heterocycles. The number of nitrogens with zero attached hydrogens (tertiary/aromatic N) is 1. The van der Waals surface area contributed by atoms with Crippen molar-refractivity contribution in [3.63, 3.8) is 0 Å². The zero-order chi connectivity index (χ0) is 23.1. The number of esters is 1. The Bertz CT molecular complexity index is 1080. The predicted molar refractivity (Wildman–Crippen MR) is 124 cm³/mol. The molecule has 0 aliphatic carbocycles. The molecule has 0 unspecified atom stereocenters. The number of nitrogens with one attached hydrogen (secondary N) is 1. The van der Waals surface area contributed by atoms with Gasteiger partial charge in [0.25, 0.3) is 5.91 Å². The van der Waals surface area contributed by atoms with Crippen molar-refractivity contribution in [2.45, 2.75) is 39.2 Å². The third-order valence-electron chi connectivity index (χ3n) is 4.81. The zero-order valence-electron chi connectivity index (χ0n) is 17.9. The standard InChI is InChI=1S/C24H24Cl2N2O4/c1-3-22-27-14-21(32-22)24(30)28-18(13-23(29)31-4-2)11-15-5-7-16(8-6-15)19-12-17(25)9-10-20(19)26/h5-10,12,14,18H,3-4,11,13H2,1-2H3,(H,28,30)/t18-/m1/s1. The average Bonchev–Trinajstić information content (AvgIpc) is 3.26. The highest BCUT2D eigenvalue weighted by Crippen LogP contribution is 2.30. The smallest absolute Gasteiger partial charge is 0.307 e. The highest BCUT2D eigenvalue weighted by atomic mass is 35.5. The van der Waals surface area contributed by atoms with Gasteiger partial charge in [-0.3, -0.25) is 9.59 Å². The van der Waals surface area contributed by atoms with Gasteiger partial charge in [0.15, 0.2) is 5.89 Å². The number of benzene rings is 2. The van der Waals surface area contributed by atoms with Gasteiger partial charge in [-0.1, -0.05) is 54.4 Å². The van der Waals surface area contributed by atoms with Crippen LogP contribution in [0.5, 0.6) is 0 Å².